The second-order valence-corrected chi connectivity index (χ2v) is 5.51. The lowest BCUT2D eigenvalue weighted by molar-refractivity contribution is 0.277. The van der Waals surface area contributed by atoms with E-state index in [0.29, 0.717) is 17.8 Å². The van der Waals surface area contributed by atoms with E-state index in [9.17, 15) is 0 Å². The Hall–Kier alpha value is -1.70. The lowest BCUT2D eigenvalue weighted by Gasteiger charge is -2.35. The topological polar surface area (TPSA) is 25.8 Å². The fourth-order valence-electron chi connectivity index (χ4n) is 3.39. The van der Waals surface area contributed by atoms with Gasteiger partial charge in [0.25, 0.3) is 0 Å². The molecule has 0 amide bonds. The van der Waals surface area contributed by atoms with Crippen molar-refractivity contribution in [2.24, 2.45) is 5.92 Å². The van der Waals surface area contributed by atoms with Gasteiger partial charge in [-0.05, 0) is 43.0 Å². The highest BCUT2D eigenvalue weighted by Gasteiger charge is 2.33. The Kier molecular flexibility index (Phi) is 3.58. The van der Waals surface area contributed by atoms with Gasteiger partial charge < -0.3 is 0 Å². The van der Waals surface area contributed by atoms with Crippen LogP contribution in [0.1, 0.15) is 49.4 Å². The molecule has 0 aliphatic heterocycles. The SMILES string of the molecule is CC1C(c2ccccn2)CCCC1c1ccccn1. The molecule has 2 nitrogen and oxygen atoms in total. The van der Waals surface area contributed by atoms with Crippen LogP contribution in [0.3, 0.4) is 0 Å². The van der Waals surface area contributed by atoms with Crippen LogP contribution in [0.15, 0.2) is 48.8 Å². The van der Waals surface area contributed by atoms with Gasteiger partial charge in [-0.3, -0.25) is 9.97 Å². The van der Waals surface area contributed by atoms with Crippen molar-refractivity contribution < 1.29 is 0 Å². The average molecular weight is 252 g/mol. The van der Waals surface area contributed by atoms with Crippen LogP contribution in [0.2, 0.25) is 0 Å². The Morgan fingerprint density at radius 1 is 0.842 bits per heavy atom. The minimum atomic E-state index is 0.571. The number of hydrogen-bond donors (Lipinski definition) is 0. The largest absolute Gasteiger partial charge is 0.261 e. The third-order valence-corrected chi connectivity index (χ3v) is 4.43. The molecule has 98 valence electrons. The van der Waals surface area contributed by atoms with Crippen molar-refractivity contribution in [3.05, 3.63) is 60.2 Å². The lowest BCUT2D eigenvalue weighted by atomic mass is 9.70. The molecule has 1 fully saturated rings. The van der Waals surface area contributed by atoms with E-state index in [0.717, 1.165) is 0 Å². The minimum absolute atomic E-state index is 0.571. The van der Waals surface area contributed by atoms with Gasteiger partial charge in [0, 0.05) is 35.6 Å². The highest BCUT2D eigenvalue weighted by atomic mass is 14.7. The maximum Gasteiger partial charge on any atom is 0.0437 e. The summed E-state index contributed by atoms with van der Waals surface area (Å²) in [5.74, 6) is 1.75. The molecule has 2 unspecified atom stereocenters. The predicted octanol–water partition coefficient (Wildman–Crippen LogP) is 4.16. The van der Waals surface area contributed by atoms with Gasteiger partial charge in [-0.2, -0.15) is 0 Å². The number of aromatic nitrogens is 2. The minimum Gasteiger partial charge on any atom is -0.261 e. The van der Waals surface area contributed by atoms with Crippen LogP contribution in [0.4, 0.5) is 0 Å². The fourth-order valence-corrected chi connectivity index (χ4v) is 3.39. The van der Waals surface area contributed by atoms with E-state index in [2.05, 4.69) is 41.2 Å². The summed E-state index contributed by atoms with van der Waals surface area (Å²) in [5, 5.41) is 0. The van der Waals surface area contributed by atoms with Crippen LogP contribution in [-0.4, -0.2) is 9.97 Å². The molecular formula is C17H20N2. The van der Waals surface area contributed by atoms with E-state index >= 15 is 0 Å². The van der Waals surface area contributed by atoms with Gasteiger partial charge in [0.1, 0.15) is 0 Å². The van der Waals surface area contributed by atoms with Gasteiger partial charge in [-0.25, -0.2) is 0 Å². The van der Waals surface area contributed by atoms with Gasteiger partial charge in [0.05, 0.1) is 0 Å². The monoisotopic (exact) mass is 252 g/mol. The molecule has 1 aliphatic carbocycles. The molecule has 0 N–H and O–H groups in total. The summed E-state index contributed by atoms with van der Waals surface area (Å²) in [7, 11) is 0. The van der Waals surface area contributed by atoms with E-state index in [1.54, 1.807) is 0 Å². The third-order valence-electron chi connectivity index (χ3n) is 4.43. The molecule has 0 bridgehead atoms. The molecule has 0 spiro atoms. The summed E-state index contributed by atoms with van der Waals surface area (Å²) in [5.41, 5.74) is 2.49. The van der Waals surface area contributed by atoms with Crippen LogP contribution in [0, 0.1) is 5.92 Å². The summed E-state index contributed by atoms with van der Waals surface area (Å²) in [6, 6.07) is 12.5. The first-order valence-corrected chi connectivity index (χ1v) is 7.18. The van der Waals surface area contributed by atoms with Gasteiger partial charge in [0.15, 0.2) is 0 Å². The molecule has 1 saturated carbocycles. The Morgan fingerprint density at radius 2 is 1.37 bits per heavy atom. The molecule has 2 heterocycles. The van der Waals surface area contributed by atoms with Crippen molar-refractivity contribution in [3.8, 4) is 0 Å². The highest BCUT2D eigenvalue weighted by molar-refractivity contribution is 5.18. The summed E-state index contributed by atoms with van der Waals surface area (Å²) < 4.78 is 0. The molecule has 1 aliphatic rings. The van der Waals surface area contributed by atoms with E-state index in [-0.39, 0.29) is 0 Å². The highest BCUT2D eigenvalue weighted by Crippen LogP contribution is 2.44. The average Bonchev–Trinajstić information content (AvgIpc) is 2.49. The van der Waals surface area contributed by atoms with E-state index in [1.165, 1.54) is 30.7 Å². The zero-order chi connectivity index (χ0) is 13.1. The van der Waals surface area contributed by atoms with Crippen molar-refractivity contribution in [2.45, 2.75) is 38.0 Å². The van der Waals surface area contributed by atoms with Gasteiger partial charge >= 0.3 is 0 Å². The van der Waals surface area contributed by atoms with Crippen molar-refractivity contribution >= 4 is 0 Å². The second-order valence-electron chi connectivity index (χ2n) is 5.51. The maximum atomic E-state index is 4.56. The number of nitrogens with zero attached hydrogens (tertiary/aromatic N) is 2. The predicted molar refractivity (Wildman–Crippen MR) is 77.0 cm³/mol. The Morgan fingerprint density at radius 3 is 1.79 bits per heavy atom. The maximum absolute atomic E-state index is 4.56. The number of pyridine rings is 2. The first-order valence-electron chi connectivity index (χ1n) is 7.18. The van der Waals surface area contributed by atoms with Gasteiger partial charge in [-0.15, -0.1) is 0 Å². The van der Waals surface area contributed by atoms with E-state index in [4.69, 9.17) is 0 Å². The second kappa shape index (κ2) is 5.52. The quantitative estimate of drug-likeness (QED) is 0.802. The molecule has 3 rings (SSSR count). The van der Waals surface area contributed by atoms with Crippen molar-refractivity contribution in [1.82, 2.24) is 9.97 Å². The Labute approximate surface area is 114 Å². The summed E-state index contributed by atoms with van der Waals surface area (Å²) in [4.78, 5) is 9.12. The standard InChI is InChI=1S/C17H20N2/c1-13-14(16-9-2-4-11-18-16)7-6-8-15(13)17-10-3-5-12-19-17/h2-5,9-15H,6-8H2,1H3. The lowest BCUT2D eigenvalue weighted by Crippen LogP contribution is -2.24. The van der Waals surface area contributed by atoms with Crippen LogP contribution in [-0.2, 0) is 0 Å². The third kappa shape index (κ3) is 2.53. The number of rotatable bonds is 2. The fraction of sp³-hybridized carbons (Fsp3) is 0.412. The van der Waals surface area contributed by atoms with Crippen molar-refractivity contribution in [1.29, 1.82) is 0 Å². The molecule has 2 aromatic rings. The summed E-state index contributed by atoms with van der Waals surface area (Å²) in [6.45, 7) is 2.36. The van der Waals surface area contributed by atoms with Gasteiger partial charge in [0.2, 0.25) is 0 Å². The zero-order valence-corrected chi connectivity index (χ0v) is 11.4. The van der Waals surface area contributed by atoms with Crippen LogP contribution >= 0.6 is 0 Å². The summed E-state index contributed by atoms with van der Waals surface area (Å²) >= 11 is 0. The molecule has 0 saturated heterocycles. The molecule has 2 heteroatoms. The van der Waals surface area contributed by atoms with Crippen LogP contribution in [0.25, 0.3) is 0 Å². The van der Waals surface area contributed by atoms with Gasteiger partial charge in [-0.1, -0.05) is 25.5 Å². The van der Waals surface area contributed by atoms with Crippen molar-refractivity contribution in [3.63, 3.8) is 0 Å². The molecule has 0 radical (unpaired) electrons. The van der Waals surface area contributed by atoms with E-state index in [1.807, 2.05) is 24.5 Å². The summed E-state index contributed by atoms with van der Waals surface area (Å²) in [6.07, 6.45) is 7.59. The zero-order valence-electron chi connectivity index (χ0n) is 11.4. The molecule has 2 aromatic heterocycles. The molecule has 19 heavy (non-hydrogen) atoms. The molecular weight excluding hydrogens is 232 g/mol. The number of hydrogen-bond acceptors (Lipinski definition) is 2. The molecule has 2 atom stereocenters. The Bertz CT molecular complexity index is 462. The van der Waals surface area contributed by atoms with Crippen LogP contribution < -0.4 is 0 Å². The molecule has 0 aromatic carbocycles. The smallest absolute Gasteiger partial charge is 0.0437 e. The van der Waals surface area contributed by atoms with Crippen LogP contribution in [0.5, 0.6) is 0 Å². The normalized spacial score (nSPS) is 27.1. The van der Waals surface area contributed by atoms with E-state index < -0.39 is 0 Å². The first kappa shape index (κ1) is 12.3. The van der Waals surface area contributed by atoms with Crippen molar-refractivity contribution in [2.75, 3.05) is 0 Å². The first-order chi connectivity index (χ1) is 9.36. The Balaban J connectivity index is 1.86.